The first-order valence-corrected chi connectivity index (χ1v) is 10.3. The van der Waals surface area contributed by atoms with E-state index in [9.17, 15) is 4.79 Å². The number of para-hydroxylation sites is 1. The summed E-state index contributed by atoms with van der Waals surface area (Å²) < 4.78 is 10.5. The molecule has 0 amide bonds. The molecule has 1 unspecified atom stereocenters. The highest BCUT2D eigenvalue weighted by Crippen LogP contribution is 2.21. The SMILES string of the molecule is COC(=O)CCCCCCCCC(N)Cc1ccc(Oc2ccccc2)cc1. The van der Waals surface area contributed by atoms with Gasteiger partial charge in [0.15, 0.2) is 0 Å². The van der Waals surface area contributed by atoms with Gasteiger partial charge in [0.25, 0.3) is 0 Å². The second kappa shape index (κ2) is 12.9. The van der Waals surface area contributed by atoms with Crippen LogP contribution in [-0.2, 0) is 16.0 Å². The molecule has 0 aliphatic carbocycles. The smallest absolute Gasteiger partial charge is 0.305 e. The minimum atomic E-state index is -0.106. The van der Waals surface area contributed by atoms with Crippen molar-refractivity contribution in [1.29, 1.82) is 0 Å². The molecule has 152 valence electrons. The highest BCUT2D eigenvalue weighted by Gasteiger charge is 2.05. The van der Waals surface area contributed by atoms with Crippen molar-refractivity contribution in [2.45, 2.75) is 63.8 Å². The highest BCUT2D eigenvalue weighted by molar-refractivity contribution is 5.68. The number of nitrogens with two attached hydrogens (primary N) is 1. The second-order valence-corrected chi connectivity index (χ2v) is 7.26. The van der Waals surface area contributed by atoms with E-state index in [0.717, 1.165) is 43.6 Å². The van der Waals surface area contributed by atoms with Crippen LogP contribution in [0, 0.1) is 0 Å². The molecular formula is C24H33NO3. The van der Waals surface area contributed by atoms with Gasteiger partial charge >= 0.3 is 5.97 Å². The standard InChI is InChI=1S/C24H33NO3/c1-27-24(26)14-10-5-3-2-4-7-11-21(25)19-20-15-17-23(18-16-20)28-22-12-8-6-9-13-22/h6,8-9,12-13,15-18,21H,2-5,7,10-11,14,19,25H2,1H3. The topological polar surface area (TPSA) is 61.5 Å². The predicted molar refractivity (Wildman–Crippen MR) is 114 cm³/mol. The van der Waals surface area contributed by atoms with Crippen LogP contribution in [0.15, 0.2) is 54.6 Å². The van der Waals surface area contributed by atoms with Crippen LogP contribution in [0.25, 0.3) is 0 Å². The van der Waals surface area contributed by atoms with Crippen molar-refractivity contribution in [3.05, 3.63) is 60.2 Å². The minimum absolute atomic E-state index is 0.106. The maximum Gasteiger partial charge on any atom is 0.305 e. The van der Waals surface area contributed by atoms with E-state index in [1.165, 1.54) is 31.9 Å². The molecule has 2 aromatic rings. The zero-order chi connectivity index (χ0) is 20.0. The van der Waals surface area contributed by atoms with Gasteiger partial charge in [0, 0.05) is 12.5 Å². The van der Waals surface area contributed by atoms with Crippen molar-refractivity contribution in [3.63, 3.8) is 0 Å². The summed E-state index contributed by atoms with van der Waals surface area (Å²) in [6, 6.07) is 18.2. The van der Waals surface area contributed by atoms with E-state index in [1.807, 2.05) is 42.5 Å². The number of carbonyl (C=O) groups is 1. The fraction of sp³-hybridized carbons (Fsp3) is 0.458. The van der Waals surface area contributed by atoms with Crippen LogP contribution in [0.3, 0.4) is 0 Å². The van der Waals surface area contributed by atoms with E-state index in [0.29, 0.717) is 6.42 Å². The number of esters is 1. The molecule has 0 aromatic heterocycles. The zero-order valence-electron chi connectivity index (χ0n) is 16.9. The van der Waals surface area contributed by atoms with E-state index in [1.54, 1.807) is 0 Å². The van der Waals surface area contributed by atoms with Crippen LogP contribution < -0.4 is 10.5 Å². The van der Waals surface area contributed by atoms with E-state index in [-0.39, 0.29) is 12.0 Å². The molecule has 2 rings (SSSR count). The van der Waals surface area contributed by atoms with E-state index < -0.39 is 0 Å². The van der Waals surface area contributed by atoms with Gasteiger partial charge in [-0.15, -0.1) is 0 Å². The monoisotopic (exact) mass is 383 g/mol. The lowest BCUT2D eigenvalue weighted by Gasteiger charge is -2.12. The zero-order valence-corrected chi connectivity index (χ0v) is 16.9. The van der Waals surface area contributed by atoms with Gasteiger partial charge < -0.3 is 15.2 Å². The normalized spacial score (nSPS) is 11.8. The third-order valence-corrected chi connectivity index (χ3v) is 4.83. The van der Waals surface area contributed by atoms with Gasteiger partial charge in [0.1, 0.15) is 11.5 Å². The summed E-state index contributed by atoms with van der Waals surface area (Å²) in [5.74, 6) is 1.58. The number of methoxy groups -OCH3 is 1. The number of benzene rings is 2. The molecular weight excluding hydrogens is 350 g/mol. The van der Waals surface area contributed by atoms with Crippen molar-refractivity contribution in [2.24, 2.45) is 5.73 Å². The van der Waals surface area contributed by atoms with Gasteiger partial charge in [-0.3, -0.25) is 4.79 Å². The molecule has 4 heteroatoms. The summed E-state index contributed by atoms with van der Waals surface area (Å²) in [6.07, 6.45) is 9.25. The van der Waals surface area contributed by atoms with Gasteiger partial charge in [0.05, 0.1) is 7.11 Å². The molecule has 2 N–H and O–H groups in total. The Balaban J connectivity index is 1.56. The number of carbonyl (C=O) groups excluding carboxylic acids is 1. The van der Waals surface area contributed by atoms with E-state index in [4.69, 9.17) is 10.5 Å². The molecule has 28 heavy (non-hydrogen) atoms. The Morgan fingerprint density at radius 1 is 0.857 bits per heavy atom. The maximum absolute atomic E-state index is 11.0. The van der Waals surface area contributed by atoms with Gasteiger partial charge in [-0.05, 0) is 49.1 Å². The van der Waals surface area contributed by atoms with Gasteiger partial charge in [-0.2, -0.15) is 0 Å². The third-order valence-electron chi connectivity index (χ3n) is 4.83. The lowest BCUT2D eigenvalue weighted by atomic mass is 10.00. The number of ether oxygens (including phenoxy) is 2. The summed E-state index contributed by atoms with van der Waals surface area (Å²) in [6.45, 7) is 0. The molecule has 1 atom stereocenters. The molecule has 0 radical (unpaired) electrons. The molecule has 0 heterocycles. The summed E-state index contributed by atoms with van der Waals surface area (Å²) >= 11 is 0. The number of unbranched alkanes of at least 4 members (excludes halogenated alkanes) is 5. The maximum atomic E-state index is 11.0. The van der Waals surface area contributed by atoms with Gasteiger partial charge in [-0.25, -0.2) is 0 Å². The largest absolute Gasteiger partial charge is 0.469 e. The number of rotatable bonds is 13. The Kier molecular flexibility index (Phi) is 10.2. The van der Waals surface area contributed by atoms with Gasteiger partial charge in [-0.1, -0.05) is 62.4 Å². The molecule has 0 fully saturated rings. The molecule has 4 nitrogen and oxygen atoms in total. The molecule has 0 aliphatic rings. The second-order valence-electron chi connectivity index (χ2n) is 7.26. The van der Waals surface area contributed by atoms with E-state index >= 15 is 0 Å². The van der Waals surface area contributed by atoms with Crippen molar-refractivity contribution >= 4 is 5.97 Å². The first-order chi connectivity index (χ1) is 13.7. The Bertz CT molecular complexity index is 670. The van der Waals surface area contributed by atoms with Crippen LogP contribution in [0.2, 0.25) is 0 Å². The fourth-order valence-corrected chi connectivity index (χ4v) is 3.21. The quantitative estimate of drug-likeness (QED) is 0.359. The van der Waals surface area contributed by atoms with Crippen molar-refractivity contribution in [2.75, 3.05) is 7.11 Å². The molecule has 0 spiro atoms. The minimum Gasteiger partial charge on any atom is -0.469 e. The molecule has 0 aliphatic heterocycles. The van der Waals surface area contributed by atoms with Crippen LogP contribution >= 0.6 is 0 Å². The Labute approximate surface area is 169 Å². The Morgan fingerprint density at radius 3 is 2.14 bits per heavy atom. The average Bonchev–Trinajstić information content (AvgIpc) is 2.72. The highest BCUT2D eigenvalue weighted by atomic mass is 16.5. The molecule has 0 saturated carbocycles. The van der Waals surface area contributed by atoms with Crippen molar-refractivity contribution in [1.82, 2.24) is 0 Å². The third kappa shape index (κ3) is 9.05. The summed E-state index contributed by atoms with van der Waals surface area (Å²) in [4.78, 5) is 11.0. The van der Waals surface area contributed by atoms with Crippen LogP contribution in [0.4, 0.5) is 0 Å². The molecule has 2 aromatic carbocycles. The van der Waals surface area contributed by atoms with Crippen molar-refractivity contribution < 1.29 is 14.3 Å². The van der Waals surface area contributed by atoms with E-state index in [2.05, 4.69) is 16.9 Å². The molecule has 0 saturated heterocycles. The summed E-state index contributed by atoms with van der Waals surface area (Å²) in [7, 11) is 1.44. The van der Waals surface area contributed by atoms with Gasteiger partial charge in [0.2, 0.25) is 0 Å². The van der Waals surface area contributed by atoms with Crippen LogP contribution in [0.5, 0.6) is 11.5 Å². The lowest BCUT2D eigenvalue weighted by Crippen LogP contribution is -2.22. The predicted octanol–water partition coefficient (Wildman–Crippen LogP) is 5.64. The van der Waals surface area contributed by atoms with Crippen LogP contribution in [0.1, 0.15) is 56.9 Å². The lowest BCUT2D eigenvalue weighted by molar-refractivity contribution is -0.140. The summed E-state index contributed by atoms with van der Waals surface area (Å²) in [5.41, 5.74) is 7.54. The first kappa shape index (κ1) is 22.0. The van der Waals surface area contributed by atoms with Crippen LogP contribution in [-0.4, -0.2) is 19.1 Å². The number of hydrogen-bond acceptors (Lipinski definition) is 4. The summed E-state index contributed by atoms with van der Waals surface area (Å²) in [5, 5.41) is 0. The fourth-order valence-electron chi connectivity index (χ4n) is 3.21. The Morgan fingerprint density at radius 2 is 1.46 bits per heavy atom. The average molecular weight is 384 g/mol. The Hall–Kier alpha value is -2.33. The first-order valence-electron chi connectivity index (χ1n) is 10.3. The molecule has 0 bridgehead atoms. The number of hydrogen-bond donors (Lipinski definition) is 1. The van der Waals surface area contributed by atoms with Crippen molar-refractivity contribution in [3.8, 4) is 11.5 Å².